The van der Waals surface area contributed by atoms with E-state index in [0.717, 1.165) is 13.0 Å². The van der Waals surface area contributed by atoms with Crippen LogP contribution in [0.5, 0.6) is 0 Å². The van der Waals surface area contributed by atoms with Gasteiger partial charge >= 0.3 is 0 Å². The maximum atomic E-state index is 12.4. The van der Waals surface area contributed by atoms with Gasteiger partial charge in [0.1, 0.15) is 17.5 Å². The van der Waals surface area contributed by atoms with E-state index in [0.29, 0.717) is 35.7 Å². The van der Waals surface area contributed by atoms with Crippen molar-refractivity contribution in [3.63, 3.8) is 0 Å². The Bertz CT molecular complexity index is 810. The number of aromatic nitrogens is 4. The van der Waals surface area contributed by atoms with Crippen LogP contribution in [-0.4, -0.2) is 56.7 Å². The number of amides is 1. The summed E-state index contributed by atoms with van der Waals surface area (Å²) in [4.78, 5) is 36.9. The zero-order valence-electron chi connectivity index (χ0n) is 14.6. The third-order valence-electron chi connectivity index (χ3n) is 5.02. The predicted molar refractivity (Wildman–Crippen MR) is 92.0 cm³/mol. The molecule has 0 unspecified atom stereocenters. The molecule has 0 aromatic carbocycles. The van der Waals surface area contributed by atoms with Crippen LogP contribution >= 0.6 is 0 Å². The van der Waals surface area contributed by atoms with Gasteiger partial charge in [0.05, 0.1) is 6.04 Å². The van der Waals surface area contributed by atoms with E-state index >= 15 is 0 Å². The second-order valence-electron chi connectivity index (χ2n) is 6.53. The predicted octanol–water partition coefficient (Wildman–Crippen LogP) is 0.740. The zero-order valence-corrected chi connectivity index (χ0v) is 14.6. The average molecular weight is 332 g/mol. The Morgan fingerprint density at radius 3 is 2.92 bits per heavy atom. The number of H-pyrrole nitrogens is 1. The van der Waals surface area contributed by atoms with Gasteiger partial charge in [0.15, 0.2) is 5.65 Å². The van der Waals surface area contributed by atoms with E-state index in [9.17, 15) is 9.59 Å². The smallest absolute Gasteiger partial charge is 0.279 e. The Hall–Kier alpha value is -2.38. The minimum atomic E-state index is -0.141. The lowest BCUT2D eigenvalue weighted by Gasteiger charge is -2.42. The first-order valence-electron chi connectivity index (χ1n) is 8.34. The Labute approximate surface area is 140 Å². The van der Waals surface area contributed by atoms with Crippen LogP contribution in [-0.2, 0) is 11.8 Å². The Morgan fingerprint density at radius 1 is 1.46 bits per heavy atom. The van der Waals surface area contributed by atoms with Crippen LogP contribution < -0.4 is 10.5 Å². The highest BCUT2D eigenvalue weighted by Crippen LogP contribution is 2.27. The first-order chi connectivity index (χ1) is 11.4. The minimum Gasteiger partial charge on any atom is -0.354 e. The first kappa shape index (κ1) is 16.5. The van der Waals surface area contributed by atoms with Crippen molar-refractivity contribution in [2.24, 2.45) is 13.0 Å². The molecule has 0 radical (unpaired) electrons. The molecule has 2 atom stereocenters. The van der Waals surface area contributed by atoms with Crippen LogP contribution in [0.15, 0.2) is 11.1 Å². The van der Waals surface area contributed by atoms with Crippen LogP contribution in [0, 0.1) is 5.92 Å². The van der Waals surface area contributed by atoms with Crippen molar-refractivity contribution in [3.8, 4) is 0 Å². The maximum absolute atomic E-state index is 12.4. The molecule has 130 valence electrons. The molecule has 1 fully saturated rings. The van der Waals surface area contributed by atoms with Crippen molar-refractivity contribution in [2.45, 2.75) is 32.7 Å². The number of carbonyl (C=O) groups excluding carboxylic acids is 1. The van der Waals surface area contributed by atoms with Gasteiger partial charge in [0, 0.05) is 33.6 Å². The van der Waals surface area contributed by atoms with Gasteiger partial charge in [-0.3, -0.25) is 19.4 Å². The highest BCUT2D eigenvalue weighted by atomic mass is 16.2. The molecule has 3 heterocycles. The third-order valence-corrected chi connectivity index (χ3v) is 5.02. The number of fused-ring (bicyclic) bond motifs is 1. The summed E-state index contributed by atoms with van der Waals surface area (Å²) in [5, 5.41) is 3.43. The van der Waals surface area contributed by atoms with Crippen LogP contribution in [0.3, 0.4) is 0 Å². The number of rotatable bonds is 3. The van der Waals surface area contributed by atoms with Gasteiger partial charge < -0.3 is 9.80 Å². The van der Waals surface area contributed by atoms with E-state index in [-0.39, 0.29) is 17.5 Å². The molecule has 3 rings (SSSR count). The summed E-state index contributed by atoms with van der Waals surface area (Å²) in [6.07, 6.45) is 2.92. The van der Waals surface area contributed by atoms with Crippen LogP contribution in [0.4, 0.5) is 5.82 Å². The number of likely N-dealkylation sites (N-methyl/N-ethyl adjacent to an activating group) is 1. The minimum absolute atomic E-state index is 0.118. The fourth-order valence-corrected chi connectivity index (χ4v) is 3.46. The molecule has 0 spiro atoms. The number of hydrogen-bond donors (Lipinski definition) is 1. The van der Waals surface area contributed by atoms with E-state index in [4.69, 9.17) is 0 Å². The Kier molecular flexibility index (Phi) is 4.29. The molecule has 8 nitrogen and oxygen atoms in total. The largest absolute Gasteiger partial charge is 0.354 e. The summed E-state index contributed by atoms with van der Waals surface area (Å²) in [5.41, 5.74) is 0.390. The lowest BCUT2D eigenvalue weighted by molar-refractivity contribution is -0.132. The van der Waals surface area contributed by atoms with Gasteiger partial charge in [-0.15, -0.1) is 0 Å². The number of piperidine rings is 1. The lowest BCUT2D eigenvalue weighted by Crippen LogP contribution is -2.52. The van der Waals surface area contributed by atoms with E-state index in [2.05, 4.69) is 22.0 Å². The van der Waals surface area contributed by atoms with Gasteiger partial charge in [-0.2, -0.15) is 0 Å². The molecule has 0 saturated carbocycles. The number of aromatic amines is 1. The normalized spacial score (nSPS) is 21.2. The first-order valence-corrected chi connectivity index (χ1v) is 8.34. The number of nitrogens with zero attached hydrogens (tertiary/aromatic N) is 5. The highest BCUT2D eigenvalue weighted by Gasteiger charge is 2.32. The van der Waals surface area contributed by atoms with Crippen molar-refractivity contribution in [1.82, 2.24) is 24.6 Å². The highest BCUT2D eigenvalue weighted by molar-refractivity contribution is 5.86. The Balaban J connectivity index is 1.97. The monoisotopic (exact) mass is 332 g/mol. The molecule has 1 saturated heterocycles. The summed E-state index contributed by atoms with van der Waals surface area (Å²) >= 11 is 0. The van der Waals surface area contributed by atoms with Crippen molar-refractivity contribution >= 4 is 22.8 Å². The van der Waals surface area contributed by atoms with Gasteiger partial charge in [-0.1, -0.05) is 13.8 Å². The number of hydrogen-bond acceptors (Lipinski definition) is 5. The standard InChI is InChI=1S/C16H24N6O2/c1-5-12(23)22-7-6-10(2)11(8-22)20(3)15-13-14(17-9-18-15)19-21(4)16(13)24/h9-11H,5-8H2,1-4H3,(H,17,18,19)/t10-,11+/m1/s1. The van der Waals surface area contributed by atoms with E-state index < -0.39 is 0 Å². The van der Waals surface area contributed by atoms with Crippen molar-refractivity contribution in [1.29, 1.82) is 0 Å². The topological polar surface area (TPSA) is 87.1 Å². The van der Waals surface area contributed by atoms with Gasteiger partial charge in [-0.25, -0.2) is 9.97 Å². The number of carbonyl (C=O) groups is 1. The lowest BCUT2D eigenvalue weighted by atomic mass is 9.92. The maximum Gasteiger partial charge on any atom is 0.279 e. The fraction of sp³-hybridized carbons (Fsp3) is 0.625. The summed E-state index contributed by atoms with van der Waals surface area (Å²) in [7, 11) is 3.61. The molecule has 8 heteroatoms. The summed E-state index contributed by atoms with van der Waals surface area (Å²) in [6, 6.07) is 0.118. The molecule has 2 aromatic heterocycles. The SMILES string of the molecule is CCC(=O)N1CC[C@@H](C)[C@@H](N(C)c2ncnc3[nH]n(C)c(=O)c23)C1. The molecule has 1 N–H and O–H groups in total. The van der Waals surface area contributed by atoms with Gasteiger partial charge in [-0.05, 0) is 12.3 Å². The quantitative estimate of drug-likeness (QED) is 0.896. The average Bonchev–Trinajstić information content (AvgIpc) is 2.88. The van der Waals surface area contributed by atoms with Crippen LogP contribution in [0.1, 0.15) is 26.7 Å². The second-order valence-corrected chi connectivity index (χ2v) is 6.53. The van der Waals surface area contributed by atoms with Gasteiger partial charge in [0.2, 0.25) is 5.91 Å². The van der Waals surface area contributed by atoms with Crippen LogP contribution in [0.25, 0.3) is 11.0 Å². The molecular weight excluding hydrogens is 308 g/mol. The molecule has 1 amide bonds. The summed E-state index contributed by atoms with van der Waals surface area (Å²) in [6.45, 7) is 5.52. The number of aryl methyl sites for hydroxylation is 1. The molecule has 24 heavy (non-hydrogen) atoms. The zero-order chi connectivity index (χ0) is 17.4. The van der Waals surface area contributed by atoms with E-state index in [1.54, 1.807) is 7.05 Å². The number of anilines is 1. The van der Waals surface area contributed by atoms with E-state index in [1.165, 1.54) is 11.0 Å². The molecular formula is C16H24N6O2. The molecule has 1 aliphatic heterocycles. The van der Waals surface area contributed by atoms with E-state index in [1.807, 2.05) is 23.8 Å². The Morgan fingerprint density at radius 2 is 2.21 bits per heavy atom. The van der Waals surface area contributed by atoms with Gasteiger partial charge in [0.25, 0.3) is 5.56 Å². The fourth-order valence-electron chi connectivity index (χ4n) is 3.46. The summed E-state index contributed by atoms with van der Waals surface area (Å²) in [5.74, 6) is 1.19. The van der Waals surface area contributed by atoms with Crippen molar-refractivity contribution in [3.05, 3.63) is 16.7 Å². The molecule has 1 aliphatic rings. The molecule has 0 aliphatic carbocycles. The van der Waals surface area contributed by atoms with Crippen LogP contribution in [0.2, 0.25) is 0 Å². The second kappa shape index (κ2) is 6.26. The third kappa shape index (κ3) is 2.65. The summed E-state index contributed by atoms with van der Waals surface area (Å²) < 4.78 is 1.41. The molecule has 0 bridgehead atoms. The van der Waals surface area contributed by atoms with Crippen molar-refractivity contribution < 1.29 is 4.79 Å². The molecule has 2 aromatic rings. The number of likely N-dealkylation sites (tertiary alicyclic amines) is 1. The van der Waals surface area contributed by atoms with Crippen molar-refractivity contribution in [2.75, 3.05) is 25.0 Å². The number of nitrogens with one attached hydrogen (secondary N) is 1.